The zero-order chi connectivity index (χ0) is 8.39. The van der Waals surface area contributed by atoms with Gasteiger partial charge in [0.2, 0.25) is 5.88 Å². The number of nitrogens with one attached hydrogen (secondary N) is 2. The fraction of sp³-hybridized carbons (Fsp3) is 0.286. The molecule has 0 bridgehead atoms. The predicted molar refractivity (Wildman–Crippen MR) is 44.9 cm³/mol. The standard InChI is InChI=1S/C7H10N4O/c8-6-4-10-5-3-9-1-2-12-7(5)11-6/h1-3,6,10-11H,4,8H2. The molecule has 0 spiro atoms. The summed E-state index contributed by atoms with van der Waals surface area (Å²) in [5, 5.41) is 6.08. The third-order valence-corrected chi connectivity index (χ3v) is 1.61. The minimum atomic E-state index is -0.108. The Kier molecular flexibility index (Phi) is 1.71. The molecule has 2 aliphatic rings. The number of hydrogen-bond acceptors (Lipinski definition) is 5. The lowest BCUT2D eigenvalue weighted by atomic mass is 10.3. The topological polar surface area (TPSA) is 71.7 Å². The van der Waals surface area contributed by atoms with Crippen LogP contribution in [0.1, 0.15) is 0 Å². The Bertz CT molecular complexity index is 269. The van der Waals surface area contributed by atoms with Crippen LogP contribution >= 0.6 is 0 Å². The number of ether oxygens (including phenoxy) is 1. The second kappa shape index (κ2) is 2.86. The highest BCUT2D eigenvalue weighted by Gasteiger charge is 2.16. The summed E-state index contributed by atoms with van der Waals surface area (Å²) >= 11 is 0. The Morgan fingerprint density at radius 3 is 3.50 bits per heavy atom. The molecule has 0 fully saturated rings. The SMILES string of the molecule is NC1CNC2=C(N1)OC=CN=C2. The molecule has 1 atom stereocenters. The van der Waals surface area contributed by atoms with Gasteiger partial charge in [-0.25, -0.2) is 0 Å². The minimum Gasteiger partial charge on any atom is -0.445 e. The maximum absolute atomic E-state index is 5.64. The fourth-order valence-corrected chi connectivity index (χ4v) is 1.05. The van der Waals surface area contributed by atoms with E-state index in [9.17, 15) is 0 Å². The maximum Gasteiger partial charge on any atom is 0.218 e. The molecule has 0 saturated carbocycles. The van der Waals surface area contributed by atoms with Crippen molar-refractivity contribution in [3.8, 4) is 0 Å². The highest BCUT2D eigenvalue weighted by Crippen LogP contribution is 2.06. The summed E-state index contributed by atoms with van der Waals surface area (Å²) in [4.78, 5) is 3.95. The molecule has 2 heterocycles. The molecule has 5 nitrogen and oxygen atoms in total. The third-order valence-electron chi connectivity index (χ3n) is 1.61. The van der Waals surface area contributed by atoms with Crippen molar-refractivity contribution < 1.29 is 4.74 Å². The lowest BCUT2D eigenvalue weighted by Gasteiger charge is -2.24. The monoisotopic (exact) mass is 166 g/mol. The van der Waals surface area contributed by atoms with Crippen LogP contribution in [-0.4, -0.2) is 18.9 Å². The van der Waals surface area contributed by atoms with Gasteiger partial charge in [-0.05, 0) is 0 Å². The van der Waals surface area contributed by atoms with Gasteiger partial charge in [0.15, 0.2) is 0 Å². The van der Waals surface area contributed by atoms with E-state index in [-0.39, 0.29) is 6.17 Å². The van der Waals surface area contributed by atoms with Crippen molar-refractivity contribution in [2.45, 2.75) is 6.17 Å². The average molecular weight is 166 g/mol. The van der Waals surface area contributed by atoms with Crippen LogP contribution in [0.25, 0.3) is 0 Å². The summed E-state index contributed by atoms with van der Waals surface area (Å²) in [6, 6.07) is 0. The maximum atomic E-state index is 5.64. The van der Waals surface area contributed by atoms with Gasteiger partial charge < -0.3 is 21.1 Å². The first kappa shape index (κ1) is 7.17. The Hall–Kier alpha value is -1.49. The predicted octanol–water partition coefficient (Wildman–Crippen LogP) is -0.795. The third kappa shape index (κ3) is 1.26. The molecule has 4 N–H and O–H groups in total. The molecule has 0 aromatic heterocycles. The molecule has 2 aliphatic heterocycles. The summed E-state index contributed by atoms with van der Waals surface area (Å²) < 4.78 is 5.20. The van der Waals surface area contributed by atoms with Crippen LogP contribution in [0.5, 0.6) is 0 Å². The Morgan fingerprint density at radius 2 is 2.58 bits per heavy atom. The highest BCUT2D eigenvalue weighted by molar-refractivity contribution is 5.79. The number of allylic oxidation sites excluding steroid dienone is 1. The normalized spacial score (nSPS) is 26.6. The van der Waals surface area contributed by atoms with Crippen molar-refractivity contribution in [3.05, 3.63) is 24.0 Å². The summed E-state index contributed by atoms with van der Waals surface area (Å²) in [5.41, 5.74) is 6.47. The largest absolute Gasteiger partial charge is 0.445 e. The van der Waals surface area contributed by atoms with Gasteiger partial charge in [-0.3, -0.25) is 4.99 Å². The average Bonchev–Trinajstić information content (AvgIpc) is 2.28. The molecule has 1 unspecified atom stereocenters. The van der Waals surface area contributed by atoms with Gasteiger partial charge in [0.25, 0.3) is 0 Å². The quantitative estimate of drug-likeness (QED) is 0.441. The zero-order valence-electron chi connectivity index (χ0n) is 6.45. The van der Waals surface area contributed by atoms with Crippen LogP contribution in [0.2, 0.25) is 0 Å². The number of nitrogens with zero attached hydrogens (tertiary/aromatic N) is 1. The van der Waals surface area contributed by atoms with Gasteiger partial charge in [-0.1, -0.05) is 0 Å². The second-order valence-electron chi connectivity index (χ2n) is 2.56. The molecule has 0 amide bonds. The van der Waals surface area contributed by atoms with Crippen LogP contribution in [0.15, 0.2) is 29.0 Å². The number of aliphatic imine (C=N–C) groups is 1. The van der Waals surface area contributed by atoms with Crippen molar-refractivity contribution in [2.24, 2.45) is 10.7 Å². The van der Waals surface area contributed by atoms with E-state index in [1.165, 1.54) is 6.26 Å². The Morgan fingerprint density at radius 1 is 1.67 bits per heavy atom. The Labute approximate surface area is 70.0 Å². The van der Waals surface area contributed by atoms with E-state index in [1.54, 1.807) is 12.4 Å². The molecule has 2 rings (SSSR count). The van der Waals surface area contributed by atoms with E-state index in [4.69, 9.17) is 10.5 Å². The van der Waals surface area contributed by atoms with Gasteiger partial charge in [0, 0.05) is 6.54 Å². The fourth-order valence-electron chi connectivity index (χ4n) is 1.05. The highest BCUT2D eigenvalue weighted by atomic mass is 16.5. The van der Waals surface area contributed by atoms with Crippen LogP contribution in [0.4, 0.5) is 0 Å². The van der Waals surface area contributed by atoms with E-state index in [0.717, 1.165) is 5.70 Å². The van der Waals surface area contributed by atoms with Crippen LogP contribution in [0, 0.1) is 0 Å². The van der Waals surface area contributed by atoms with Crippen molar-refractivity contribution in [3.63, 3.8) is 0 Å². The Balaban J connectivity index is 2.23. The molecule has 0 radical (unpaired) electrons. The van der Waals surface area contributed by atoms with E-state index < -0.39 is 0 Å². The van der Waals surface area contributed by atoms with Gasteiger partial charge in [-0.2, -0.15) is 0 Å². The molecular weight excluding hydrogens is 156 g/mol. The molecule has 5 heteroatoms. The molecule has 64 valence electrons. The molecule has 0 aromatic rings. The minimum absolute atomic E-state index is 0.108. The number of hydrogen-bond donors (Lipinski definition) is 3. The second-order valence-corrected chi connectivity index (χ2v) is 2.56. The first-order valence-corrected chi connectivity index (χ1v) is 3.71. The van der Waals surface area contributed by atoms with E-state index in [2.05, 4.69) is 15.6 Å². The molecular formula is C7H10N4O. The molecule has 0 aromatic carbocycles. The number of rotatable bonds is 0. The smallest absolute Gasteiger partial charge is 0.218 e. The number of nitrogens with two attached hydrogens (primary N) is 1. The summed E-state index contributed by atoms with van der Waals surface area (Å²) in [6.45, 7) is 0.675. The first-order chi connectivity index (χ1) is 5.86. The van der Waals surface area contributed by atoms with Gasteiger partial charge in [-0.15, -0.1) is 0 Å². The van der Waals surface area contributed by atoms with Gasteiger partial charge in [0.05, 0.1) is 18.6 Å². The van der Waals surface area contributed by atoms with E-state index in [1.807, 2.05) is 0 Å². The van der Waals surface area contributed by atoms with Crippen molar-refractivity contribution in [1.82, 2.24) is 10.6 Å². The zero-order valence-corrected chi connectivity index (χ0v) is 6.45. The van der Waals surface area contributed by atoms with E-state index in [0.29, 0.717) is 12.4 Å². The molecule has 0 aliphatic carbocycles. The van der Waals surface area contributed by atoms with Crippen molar-refractivity contribution in [2.75, 3.05) is 6.54 Å². The van der Waals surface area contributed by atoms with Crippen molar-refractivity contribution in [1.29, 1.82) is 0 Å². The molecule has 12 heavy (non-hydrogen) atoms. The summed E-state index contributed by atoms with van der Waals surface area (Å²) in [5.74, 6) is 0.631. The lowest BCUT2D eigenvalue weighted by molar-refractivity contribution is 0.278. The van der Waals surface area contributed by atoms with Gasteiger partial charge >= 0.3 is 0 Å². The summed E-state index contributed by atoms with van der Waals surface area (Å²) in [7, 11) is 0. The van der Waals surface area contributed by atoms with Gasteiger partial charge in [0.1, 0.15) is 12.0 Å². The molecule has 0 saturated heterocycles. The van der Waals surface area contributed by atoms with Crippen LogP contribution in [-0.2, 0) is 4.74 Å². The van der Waals surface area contributed by atoms with Crippen LogP contribution in [0.3, 0.4) is 0 Å². The van der Waals surface area contributed by atoms with Crippen molar-refractivity contribution >= 4 is 6.21 Å². The lowest BCUT2D eigenvalue weighted by Crippen LogP contribution is -2.50. The van der Waals surface area contributed by atoms with E-state index >= 15 is 0 Å². The first-order valence-electron chi connectivity index (χ1n) is 3.71. The summed E-state index contributed by atoms with van der Waals surface area (Å²) in [6.07, 6.45) is 4.67. The van der Waals surface area contributed by atoms with Crippen LogP contribution < -0.4 is 16.4 Å².